The highest BCUT2D eigenvalue weighted by atomic mass is 16.6. The van der Waals surface area contributed by atoms with Crippen LogP contribution in [0.4, 0.5) is 4.79 Å². The fourth-order valence-electron chi connectivity index (χ4n) is 5.09. The van der Waals surface area contributed by atoms with Gasteiger partial charge in [0.2, 0.25) is 17.7 Å². The molecule has 44 heavy (non-hydrogen) atoms. The molecule has 0 aliphatic heterocycles. The van der Waals surface area contributed by atoms with Crippen LogP contribution in [0.25, 0.3) is 0 Å². The molecule has 0 heterocycles. The lowest BCUT2D eigenvalue weighted by Gasteiger charge is -2.35. The normalized spacial score (nSPS) is 14.2. The van der Waals surface area contributed by atoms with Crippen LogP contribution in [0.2, 0.25) is 0 Å². The van der Waals surface area contributed by atoms with Gasteiger partial charge in [-0.1, -0.05) is 74.5 Å². The summed E-state index contributed by atoms with van der Waals surface area (Å²) in [6, 6.07) is 17.2. The molecule has 5 N–H and O–H groups in total. The number of amides is 4. The van der Waals surface area contributed by atoms with Gasteiger partial charge in [0.15, 0.2) is 0 Å². The highest BCUT2D eigenvalue weighted by molar-refractivity contribution is 5.88. The van der Waals surface area contributed by atoms with E-state index in [0.29, 0.717) is 12.8 Å². The molecule has 0 aliphatic carbocycles. The van der Waals surface area contributed by atoms with E-state index >= 15 is 0 Å². The summed E-state index contributed by atoms with van der Waals surface area (Å²) in [6.07, 6.45) is -0.897. The van der Waals surface area contributed by atoms with Gasteiger partial charge in [0.1, 0.15) is 11.6 Å². The van der Waals surface area contributed by atoms with Crippen LogP contribution < -0.4 is 16.4 Å². The van der Waals surface area contributed by atoms with Crippen LogP contribution in [0, 0.1) is 11.8 Å². The fourth-order valence-corrected chi connectivity index (χ4v) is 5.09. The maximum absolute atomic E-state index is 14.4. The Morgan fingerprint density at radius 1 is 0.909 bits per heavy atom. The molecule has 0 bridgehead atoms. The molecule has 0 radical (unpaired) electrons. The van der Waals surface area contributed by atoms with Crippen LogP contribution in [0.5, 0.6) is 0 Å². The number of rotatable bonds is 16. The van der Waals surface area contributed by atoms with Gasteiger partial charge in [-0.3, -0.25) is 14.4 Å². The predicted molar refractivity (Wildman–Crippen MR) is 170 cm³/mol. The number of hydrogen-bond donors (Lipinski definition) is 4. The largest absolute Gasteiger partial charge is 0.444 e. The lowest BCUT2D eigenvalue weighted by Crippen LogP contribution is -2.54. The van der Waals surface area contributed by atoms with Crippen molar-refractivity contribution in [3.8, 4) is 0 Å². The number of alkyl carbamates (subject to hydrolysis) is 1. The van der Waals surface area contributed by atoms with Crippen molar-refractivity contribution in [1.29, 1.82) is 0 Å². The predicted octanol–water partition coefficient (Wildman–Crippen LogP) is 3.60. The summed E-state index contributed by atoms with van der Waals surface area (Å²) in [4.78, 5) is 52.9. The monoisotopic (exact) mass is 610 g/mol. The topological polar surface area (TPSA) is 151 Å². The van der Waals surface area contributed by atoms with Gasteiger partial charge < -0.3 is 31.1 Å². The van der Waals surface area contributed by atoms with Crippen molar-refractivity contribution in [3.63, 3.8) is 0 Å². The second-order valence-electron chi connectivity index (χ2n) is 12.7. The molecule has 0 aromatic heterocycles. The van der Waals surface area contributed by atoms with E-state index in [4.69, 9.17) is 10.5 Å². The number of primary amides is 1. The number of ether oxygens (including phenoxy) is 1. The Balaban J connectivity index is 2.46. The van der Waals surface area contributed by atoms with Crippen LogP contribution in [0.1, 0.15) is 65.5 Å². The first kappa shape index (κ1) is 36.3. The highest BCUT2D eigenvalue weighted by Gasteiger charge is 2.36. The Bertz CT molecular complexity index is 1200. The first-order chi connectivity index (χ1) is 20.7. The quantitative estimate of drug-likeness (QED) is 0.228. The maximum Gasteiger partial charge on any atom is 0.407 e. The molecule has 0 saturated carbocycles. The Hall–Kier alpha value is -3.92. The van der Waals surface area contributed by atoms with Crippen molar-refractivity contribution in [3.05, 3.63) is 71.8 Å². The first-order valence-corrected chi connectivity index (χ1v) is 15.3. The van der Waals surface area contributed by atoms with E-state index in [-0.39, 0.29) is 43.7 Å². The molecule has 0 spiro atoms. The lowest BCUT2D eigenvalue weighted by molar-refractivity contribution is -0.144. The Kier molecular flexibility index (Phi) is 14.3. The minimum absolute atomic E-state index is 0.00910. The summed E-state index contributed by atoms with van der Waals surface area (Å²) < 4.78 is 5.48. The van der Waals surface area contributed by atoms with E-state index in [1.165, 1.54) is 11.8 Å². The number of nitrogens with zero attached hydrogens (tertiary/aromatic N) is 1. The minimum atomic E-state index is -1.14. The molecule has 0 fully saturated rings. The molecule has 4 unspecified atom stereocenters. The molecule has 4 atom stereocenters. The average Bonchev–Trinajstić information content (AvgIpc) is 2.93. The first-order valence-electron chi connectivity index (χ1n) is 15.3. The molecule has 0 saturated heterocycles. The van der Waals surface area contributed by atoms with Crippen molar-refractivity contribution in [2.75, 3.05) is 13.1 Å². The zero-order valence-electron chi connectivity index (χ0n) is 26.9. The molecular formula is C34H50N4O6. The van der Waals surface area contributed by atoms with E-state index in [1.807, 2.05) is 74.5 Å². The van der Waals surface area contributed by atoms with Gasteiger partial charge in [-0.25, -0.2) is 4.79 Å². The standard InChI is InChI=1S/C34H50N4O6/c1-23(2)19-29(31(35)41)38(18-17-36-24(3)39)32(42)27(20-25-13-9-7-10-14-25)22-30(40)28(21-26-15-11-8-12-16-26)37-33(43)44-34(4,5)6/h7-16,23,27-30,40H,17-22H2,1-6H3,(H2,35,41)(H,36,39)(H,37,43). The number of benzene rings is 2. The molecular weight excluding hydrogens is 560 g/mol. The highest BCUT2D eigenvalue weighted by Crippen LogP contribution is 2.23. The summed E-state index contributed by atoms with van der Waals surface area (Å²) >= 11 is 0. The molecule has 2 aromatic carbocycles. The van der Waals surface area contributed by atoms with Gasteiger partial charge in [0.25, 0.3) is 0 Å². The fraction of sp³-hybridized carbons (Fsp3) is 0.529. The van der Waals surface area contributed by atoms with Gasteiger partial charge in [-0.15, -0.1) is 0 Å². The molecule has 2 aromatic rings. The molecule has 2 rings (SSSR count). The third-order valence-electron chi connectivity index (χ3n) is 7.07. The number of nitrogens with two attached hydrogens (primary N) is 1. The third-order valence-corrected chi connectivity index (χ3v) is 7.07. The van der Waals surface area contributed by atoms with Crippen LogP contribution >= 0.6 is 0 Å². The molecule has 4 amide bonds. The number of carbonyl (C=O) groups excluding carboxylic acids is 4. The van der Waals surface area contributed by atoms with E-state index in [1.54, 1.807) is 20.8 Å². The maximum atomic E-state index is 14.4. The van der Waals surface area contributed by atoms with Gasteiger partial charge in [0, 0.05) is 25.9 Å². The van der Waals surface area contributed by atoms with Gasteiger partial charge >= 0.3 is 6.09 Å². The summed E-state index contributed by atoms with van der Waals surface area (Å²) in [5.41, 5.74) is 6.84. The lowest BCUT2D eigenvalue weighted by atomic mass is 9.87. The van der Waals surface area contributed by atoms with E-state index in [9.17, 15) is 24.3 Å². The zero-order valence-corrected chi connectivity index (χ0v) is 26.9. The molecule has 10 nitrogen and oxygen atoms in total. The number of aliphatic hydroxyl groups is 1. The number of nitrogens with one attached hydrogen (secondary N) is 2. The zero-order chi connectivity index (χ0) is 32.9. The van der Waals surface area contributed by atoms with Crippen LogP contribution in [0.15, 0.2) is 60.7 Å². The van der Waals surface area contributed by atoms with Crippen molar-refractivity contribution >= 4 is 23.8 Å². The average molecular weight is 611 g/mol. The van der Waals surface area contributed by atoms with Crippen molar-refractivity contribution in [1.82, 2.24) is 15.5 Å². The molecule has 242 valence electrons. The smallest absolute Gasteiger partial charge is 0.407 e. The molecule has 10 heteroatoms. The number of carbonyl (C=O) groups is 4. The van der Waals surface area contributed by atoms with Gasteiger partial charge in [-0.2, -0.15) is 0 Å². The summed E-state index contributed by atoms with van der Waals surface area (Å²) in [7, 11) is 0. The van der Waals surface area contributed by atoms with Crippen LogP contribution in [0.3, 0.4) is 0 Å². The number of hydrogen-bond acceptors (Lipinski definition) is 6. The Labute approximate surface area is 261 Å². The van der Waals surface area contributed by atoms with Crippen LogP contribution in [-0.4, -0.2) is 70.7 Å². The van der Waals surface area contributed by atoms with E-state index in [0.717, 1.165) is 11.1 Å². The minimum Gasteiger partial charge on any atom is -0.444 e. The van der Waals surface area contributed by atoms with Gasteiger partial charge in [0.05, 0.1) is 12.1 Å². The second kappa shape index (κ2) is 17.4. The molecule has 0 aliphatic rings. The summed E-state index contributed by atoms with van der Waals surface area (Å²) in [6.45, 7) is 10.7. The van der Waals surface area contributed by atoms with Gasteiger partial charge in [-0.05, 0) is 63.5 Å². The van der Waals surface area contributed by atoms with Crippen molar-refractivity contribution in [2.24, 2.45) is 17.6 Å². The number of aliphatic hydroxyl groups excluding tert-OH is 1. The third kappa shape index (κ3) is 13.2. The summed E-state index contributed by atoms with van der Waals surface area (Å²) in [5, 5.41) is 17.2. The van der Waals surface area contributed by atoms with Crippen LogP contribution in [-0.2, 0) is 32.0 Å². The van der Waals surface area contributed by atoms with Crippen molar-refractivity contribution in [2.45, 2.75) is 91.0 Å². The Morgan fingerprint density at radius 3 is 1.93 bits per heavy atom. The summed E-state index contributed by atoms with van der Waals surface area (Å²) in [5.74, 6) is -1.96. The SMILES string of the molecule is CC(=O)NCCN(C(=O)C(Cc1ccccc1)CC(O)C(Cc1ccccc1)NC(=O)OC(C)(C)C)C(CC(C)C)C(N)=O. The van der Waals surface area contributed by atoms with E-state index in [2.05, 4.69) is 10.6 Å². The van der Waals surface area contributed by atoms with Crippen molar-refractivity contribution < 1.29 is 29.0 Å². The van der Waals surface area contributed by atoms with E-state index < -0.39 is 41.7 Å². The Morgan fingerprint density at radius 2 is 1.45 bits per heavy atom. The second-order valence-corrected chi connectivity index (χ2v) is 12.7.